The van der Waals surface area contributed by atoms with Crippen molar-refractivity contribution in [1.29, 1.82) is 0 Å². The number of aromatic nitrogens is 3. The number of carbonyl (C=O) groups is 1. The number of H-pyrrole nitrogens is 1. The van der Waals surface area contributed by atoms with E-state index < -0.39 is 11.7 Å². The molecule has 0 saturated heterocycles. The molecule has 5 nitrogen and oxygen atoms in total. The lowest BCUT2D eigenvalue weighted by atomic mass is 9.99. The van der Waals surface area contributed by atoms with Crippen molar-refractivity contribution in [2.75, 3.05) is 0 Å². The first-order chi connectivity index (χ1) is 13.0. The maximum Gasteiger partial charge on any atom is 0.254 e. The fourth-order valence-electron chi connectivity index (χ4n) is 2.97. The summed E-state index contributed by atoms with van der Waals surface area (Å²) in [4.78, 5) is 16.7. The van der Waals surface area contributed by atoms with Crippen LogP contribution in [0.25, 0.3) is 11.1 Å². The Morgan fingerprint density at radius 1 is 1.15 bits per heavy atom. The molecule has 1 aromatic heterocycles. The van der Waals surface area contributed by atoms with Crippen molar-refractivity contribution >= 4 is 5.91 Å². The van der Waals surface area contributed by atoms with E-state index in [0.29, 0.717) is 11.7 Å². The lowest BCUT2D eigenvalue weighted by molar-refractivity contribution is 0.0946. The van der Waals surface area contributed by atoms with Crippen molar-refractivity contribution in [3.8, 4) is 11.1 Å². The third-order valence-corrected chi connectivity index (χ3v) is 4.96. The van der Waals surface area contributed by atoms with Gasteiger partial charge in [-0.3, -0.25) is 9.89 Å². The maximum absolute atomic E-state index is 14.5. The quantitative estimate of drug-likeness (QED) is 0.718. The zero-order valence-electron chi connectivity index (χ0n) is 15.3. The van der Waals surface area contributed by atoms with Crippen LogP contribution in [0.4, 0.5) is 4.39 Å². The van der Waals surface area contributed by atoms with Crippen LogP contribution in [-0.4, -0.2) is 21.1 Å². The zero-order chi connectivity index (χ0) is 19.0. The summed E-state index contributed by atoms with van der Waals surface area (Å²) in [6.07, 6.45) is 2.23. The Morgan fingerprint density at radius 3 is 2.59 bits per heavy atom. The topological polar surface area (TPSA) is 70.7 Å². The predicted octanol–water partition coefficient (Wildman–Crippen LogP) is 4.04. The van der Waals surface area contributed by atoms with Crippen LogP contribution in [0.5, 0.6) is 0 Å². The van der Waals surface area contributed by atoms with Crippen LogP contribution in [-0.2, 0) is 6.54 Å². The molecule has 4 rings (SSSR count). The number of hydrogen-bond acceptors (Lipinski definition) is 3. The second-order valence-corrected chi connectivity index (χ2v) is 7.09. The second kappa shape index (κ2) is 6.95. The van der Waals surface area contributed by atoms with Crippen molar-refractivity contribution in [1.82, 2.24) is 20.5 Å². The third kappa shape index (κ3) is 3.74. The highest BCUT2D eigenvalue weighted by Crippen LogP contribution is 2.37. The van der Waals surface area contributed by atoms with Crippen LogP contribution in [0.15, 0.2) is 36.4 Å². The molecule has 0 bridgehead atoms. The van der Waals surface area contributed by atoms with Crippen molar-refractivity contribution in [3.05, 3.63) is 70.6 Å². The van der Waals surface area contributed by atoms with Gasteiger partial charge in [-0.05, 0) is 61.1 Å². The van der Waals surface area contributed by atoms with Gasteiger partial charge in [-0.15, -0.1) is 0 Å². The lowest BCUT2D eigenvalue weighted by Crippen LogP contribution is -2.24. The van der Waals surface area contributed by atoms with Gasteiger partial charge in [0.1, 0.15) is 11.6 Å². The highest BCUT2D eigenvalue weighted by molar-refractivity contribution is 5.95. The molecule has 0 atom stereocenters. The molecule has 1 aliphatic carbocycles. The highest BCUT2D eigenvalue weighted by Gasteiger charge is 2.27. The third-order valence-electron chi connectivity index (χ3n) is 4.96. The van der Waals surface area contributed by atoms with Crippen LogP contribution >= 0.6 is 0 Å². The van der Waals surface area contributed by atoms with Gasteiger partial charge in [0.2, 0.25) is 0 Å². The van der Waals surface area contributed by atoms with Crippen LogP contribution in [0.3, 0.4) is 0 Å². The molecule has 0 unspecified atom stereocenters. The first kappa shape index (κ1) is 17.4. The van der Waals surface area contributed by atoms with Gasteiger partial charge in [0.05, 0.1) is 12.1 Å². The number of amides is 1. The second-order valence-electron chi connectivity index (χ2n) is 7.09. The van der Waals surface area contributed by atoms with Gasteiger partial charge in [0, 0.05) is 5.92 Å². The Bertz CT molecular complexity index is 1010. The van der Waals surface area contributed by atoms with Gasteiger partial charge < -0.3 is 5.32 Å². The van der Waals surface area contributed by atoms with E-state index in [1.165, 1.54) is 17.7 Å². The number of nitrogens with one attached hydrogen (secondary N) is 2. The molecule has 3 aromatic rings. The van der Waals surface area contributed by atoms with Crippen LogP contribution in [0.2, 0.25) is 0 Å². The minimum absolute atomic E-state index is 0.0181. The summed E-state index contributed by atoms with van der Waals surface area (Å²) in [5.74, 6) is 0.810. The Kier molecular flexibility index (Phi) is 4.48. The van der Waals surface area contributed by atoms with E-state index in [1.54, 1.807) is 6.07 Å². The molecule has 2 N–H and O–H groups in total. The number of aryl methyl sites for hydroxylation is 2. The Balaban J connectivity index is 1.46. The van der Waals surface area contributed by atoms with E-state index in [0.717, 1.165) is 35.4 Å². The van der Waals surface area contributed by atoms with Gasteiger partial charge >= 0.3 is 0 Å². The number of halogens is 1. The van der Waals surface area contributed by atoms with Crippen molar-refractivity contribution < 1.29 is 9.18 Å². The van der Waals surface area contributed by atoms with Gasteiger partial charge in [0.25, 0.3) is 5.91 Å². The molecule has 138 valence electrons. The summed E-state index contributed by atoms with van der Waals surface area (Å²) < 4.78 is 14.5. The van der Waals surface area contributed by atoms with Gasteiger partial charge in [-0.1, -0.05) is 24.3 Å². The van der Waals surface area contributed by atoms with Gasteiger partial charge in [-0.25, -0.2) is 9.37 Å². The molecule has 0 spiro atoms. The minimum Gasteiger partial charge on any atom is -0.345 e. The Morgan fingerprint density at radius 2 is 1.89 bits per heavy atom. The van der Waals surface area contributed by atoms with Crippen LogP contribution in [0.1, 0.15) is 51.9 Å². The Labute approximate surface area is 157 Å². The first-order valence-electron chi connectivity index (χ1n) is 9.08. The van der Waals surface area contributed by atoms with E-state index in [1.807, 2.05) is 32.0 Å². The standard InChI is InChI=1S/C21H21FN4O/c1-12-3-4-15(9-13(12)2)16-7-8-17(18(22)10-16)21(27)23-11-19-24-20(26-25-19)14-5-6-14/h3-4,7-10,14H,5-6,11H2,1-2H3,(H,23,27)(H,24,25,26). The smallest absolute Gasteiger partial charge is 0.254 e. The SMILES string of the molecule is Cc1ccc(-c2ccc(C(=O)NCc3nc(C4CC4)n[nH]3)c(F)c2)cc1C. The molecule has 6 heteroatoms. The van der Waals surface area contributed by atoms with E-state index in [-0.39, 0.29) is 12.1 Å². The maximum atomic E-state index is 14.5. The number of benzene rings is 2. The molecule has 27 heavy (non-hydrogen) atoms. The zero-order valence-corrected chi connectivity index (χ0v) is 15.3. The lowest BCUT2D eigenvalue weighted by Gasteiger charge is -2.09. The van der Waals surface area contributed by atoms with Gasteiger partial charge in [0.15, 0.2) is 5.82 Å². The summed E-state index contributed by atoms with van der Waals surface area (Å²) in [6, 6.07) is 10.7. The van der Waals surface area contributed by atoms with E-state index >= 15 is 0 Å². The molecule has 1 saturated carbocycles. The number of aromatic amines is 1. The molecule has 0 aliphatic heterocycles. The predicted molar refractivity (Wildman–Crippen MR) is 101 cm³/mol. The fourth-order valence-corrected chi connectivity index (χ4v) is 2.97. The van der Waals surface area contributed by atoms with Crippen molar-refractivity contribution in [3.63, 3.8) is 0 Å². The summed E-state index contributed by atoms with van der Waals surface area (Å²) in [5.41, 5.74) is 4.03. The molecular weight excluding hydrogens is 343 g/mol. The first-order valence-corrected chi connectivity index (χ1v) is 9.08. The van der Waals surface area contributed by atoms with Gasteiger partial charge in [-0.2, -0.15) is 5.10 Å². The largest absolute Gasteiger partial charge is 0.345 e. The summed E-state index contributed by atoms with van der Waals surface area (Å²) in [6.45, 7) is 4.25. The van der Waals surface area contributed by atoms with E-state index in [2.05, 4.69) is 20.5 Å². The minimum atomic E-state index is -0.542. The van der Waals surface area contributed by atoms with Crippen LogP contribution in [0, 0.1) is 19.7 Å². The number of carbonyl (C=O) groups excluding carboxylic acids is 1. The van der Waals surface area contributed by atoms with Crippen molar-refractivity contribution in [2.24, 2.45) is 0 Å². The average molecular weight is 364 g/mol. The van der Waals surface area contributed by atoms with E-state index in [4.69, 9.17) is 0 Å². The molecule has 0 radical (unpaired) electrons. The summed E-state index contributed by atoms with van der Waals surface area (Å²) in [7, 11) is 0. The number of hydrogen-bond donors (Lipinski definition) is 2. The molecule has 1 aliphatic rings. The highest BCUT2D eigenvalue weighted by atomic mass is 19.1. The number of rotatable bonds is 5. The molecule has 1 amide bonds. The number of nitrogens with zero attached hydrogens (tertiary/aromatic N) is 2. The monoisotopic (exact) mass is 364 g/mol. The average Bonchev–Trinajstić information content (AvgIpc) is 3.40. The molecule has 2 aromatic carbocycles. The van der Waals surface area contributed by atoms with Crippen molar-refractivity contribution in [2.45, 2.75) is 39.2 Å². The normalized spacial score (nSPS) is 13.6. The molecule has 1 heterocycles. The summed E-state index contributed by atoms with van der Waals surface area (Å²) >= 11 is 0. The molecular formula is C21H21FN4O. The summed E-state index contributed by atoms with van der Waals surface area (Å²) in [5, 5.41) is 9.65. The van der Waals surface area contributed by atoms with E-state index in [9.17, 15) is 9.18 Å². The fraction of sp³-hybridized carbons (Fsp3) is 0.286. The van der Waals surface area contributed by atoms with Crippen LogP contribution < -0.4 is 5.32 Å². The molecule has 1 fully saturated rings. The Hall–Kier alpha value is -3.02.